The highest BCUT2D eigenvalue weighted by Gasteiger charge is 2.52. The lowest BCUT2D eigenvalue weighted by atomic mass is 9.81. The first-order chi connectivity index (χ1) is 18.6. The largest absolute Gasteiger partial charge is 0.573 e. The fourth-order valence-corrected chi connectivity index (χ4v) is 6.77. The molecule has 39 heavy (non-hydrogen) atoms. The van der Waals surface area contributed by atoms with Gasteiger partial charge in [0.1, 0.15) is 5.75 Å². The number of amides is 1. The number of benzene rings is 1. The molecule has 5 nitrogen and oxygen atoms in total. The smallest absolute Gasteiger partial charge is 0.406 e. The van der Waals surface area contributed by atoms with Crippen LogP contribution < -0.4 is 15.4 Å². The molecule has 0 bridgehead atoms. The summed E-state index contributed by atoms with van der Waals surface area (Å²) in [5.41, 5.74) is -0.112. The molecule has 4 rings (SSSR count). The zero-order chi connectivity index (χ0) is 28.0. The summed E-state index contributed by atoms with van der Waals surface area (Å²) in [6.07, 6.45) is 8.99. The van der Waals surface area contributed by atoms with Crippen molar-refractivity contribution in [1.82, 2.24) is 10.6 Å². The molecule has 0 saturated heterocycles. The third-order valence-electron chi connectivity index (χ3n) is 9.64. The summed E-state index contributed by atoms with van der Waals surface area (Å²) in [5.74, 6) is 1.04. The van der Waals surface area contributed by atoms with E-state index in [1.807, 2.05) is 7.05 Å². The molecule has 3 saturated carbocycles. The van der Waals surface area contributed by atoms with Crippen LogP contribution in [0.25, 0.3) is 0 Å². The summed E-state index contributed by atoms with van der Waals surface area (Å²) in [6.45, 7) is 2.25. The topological polar surface area (TPSA) is 67.4 Å². The molecule has 3 fully saturated rings. The van der Waals surface area contributed by atoms with Crippen LogP contribution >= 0.6 is 0 Å². The van der Waals surface area contributed by atoms with Crippen LogP contribution in [0.1, 0.15) is 102 Å². The van der Waals surface area contributed by atoms with Crippen LogP contribution in [0.2, 0.25) is 0 Å². The molecule has 4 unspecified atom stereocenters. The molecule has 1 amide bonds. The predicted molar refractivity (Wildman–Crippen MR) is 145 cm³/mol. The van der Waals surface area contributed by atoms with Gasteiger partial charge in [0.05, 0.1) is 11.5 Å². The third-order valence-corrected chi connectivity index (χ3v) is 9.64. The van der Waals surface area contributed by atoms with E-state index in [4.69, 9.17) is 0 Å². The van der Waals surface area contributed by atoms with E-state index in [-0.39, 0.29) is 17.4 Å². The van der Waals surface area contributed by atoms with E-state index in [1.54, 1.807) is 0 Å². The van der Waals surface area contributed by atoms with Gasteiger partial charge in [-0.1, -0.05) is 51.2 Å². The molecule has 8 heteroatoms. The van der Waals surface area contributed by atoms with Gasteiger partial charge >= 0.3 is 6.36 Å². The van der Waals surface area contributed by atoms with Crippen LogP contribution in [0.5, 0.6) is 5.75 Å². The monoisotopic (exact) mass is 550 g/mol. The van der Waals surface area contributed by atoms with Gasteiger partial charge in [-0.15, -0.1) is 13.2 Å². The van der Waals surface area contributed by atoms with E-state index in [1.165, 1.54) is 56.4 Å². The van der Waals surface area contributed by atoms with Crippen LogP contribution in [0, 0.1) is 17.8 Å². The molecule has 3 aliphatic carbocycles. The number of Topliss-reactive ketones (excluding diaryl/α,β-unsaturated/α-hetero) is 1. The highest BCUT2D eigenvalue weighted by atomic mass is 19.4. The van der Waals surface area contributed by atoms with E-state index in [2.05, 4.69) is 22.3 Å². The van der Waals surface area contributed by atoms with Crippen molar-refractivity contribution >= 4 is 11.7 Å². The lowest BCUT2D eigenvalue weighted by Crippen LogP contribution is -2.46. The van der Waals surface area contributed by atoms with Crippen LogP contribution in [0.15, 0.2) is 24.3 Å². The lowest BCUT2D eigenvalue weighted by Gasteiger charge is -2.28. The summed E-state index contributed by atoms with van der Waals surface area (Å²) in [6, 6.07) is 5.58. The third kappa shape index (κ3) is 8.21. The van der Waals surface area contributed by atoms with E-state index in [9.17, 15) is 22.8 Å². The summed E-state index contributed by atoms with van der Waals surface area (Å²) in [5, 5.41) is 6.53. The standard InChI is InChI=1S/C31H45F3N2O3/c1-21-8-13-25(35-2)14-10-23(21)20-28(37)27(17-9-22-6-4-3-5-7-22)36-29(38)30(18-19-30)24-11-15-26(16-12-24)39-31(32,33)34/h11-12,15-16,21-23,25,27,35H,3-10,13-14,17-20H2,1-2H3,(H,36,38). The quantitative estimate of drug-likeness (QED) is 0.296. The van der Waals surface area contributed by atoms with Crippen molar-refractivity contribution in [3.8, 4) is 5.75 Å². The maximum absolute atomic E-state index is 13.7. The number of ether oxygens (including phenoxy) is 1. The zero-order valence-electron chi connectivity index (χ0n) is 23.5. The maximum atomic E-state index is 13.7. The molecule has 0 aliphatic heterocycles. The molecule has 0 radical (unpaired) electrons. The predicted octanol–water partition coefficient (Wildman–Crippen LogP) is 6.84. The minimum Gasteiger partial charge on any atom is -0.406 e. The molecule has 0 aromatic heterocycles. The van der Waals surface area contributed by atoms with Gasteiger partial charge < -0.3 is 15.4 Å². The van der Waals surface area contributed by atoms with Crippen molar-refractivity contribution in [3.05, 3.63) is 29.8 Å². The van der Waals surface area contributed by atoms with Crippen LogP contribution in [0.4, 0.5) is 13.2 Å². The number of hydrogen-bond donors (Lipinski definition) is 2. The van der Waals surface area contributed by atoms with Gasteiger partial charge in [0.15, 0.2) is 5.78 Å². The van der Waals surface area contributed by atoms with Crippen molar-refractivity contribution in [1.29, 1.82) is 0 Å². The van der Waals surface area contributed by atoms with E-state index >= 15 is 0 Å². The Morgan fingerprint density at radius 2 is 1.67 bits per heavy atom. The number of hydrogen-bond acceptors (Lipinski definition) is 4. The molecule has 1 aromatic carbocycles. The van der Waals surface area contributed by atoms with Crippen molar-refractivity contribution in [2.24, 2.45) is 17.8 Å². The summed E-state index contributed by atoms with van der Waals surface area (Å²) < 4.78 is 41.7. The normalized spacial score (nSPS) is 26.3. The maximum Gasteiger partial charge on any atom is 0.573 e. The first kappa shape index (κ1) is 29.9. The van der Waals surface area contributed by atoms with Crippen LogP contribution in [0.3, 0.4) is 0 Å². The highest BCUT2D eigenvalue weighted by molar-refractivity contribution is 5.95. The highest BCUT2D eigenvalue weighted by Crippen LogP contribution is 2.49. The number of carbonyl (C=O) groups excluding carboxylic acids is 2. The van der Waals surface area contributed by atoms with Gasteiger partial charge in [0.2, 0.25) is 5.91 Å². The Labute approximate surface area is 231 Å². The number of alkyl halides is 3. The number of carbonyl (C=O) groups is 2. The summed E-state index contributed by atoms with van der Waals surface area (Å²) >= 11 is 0. The second kappa shape index (κ2) is 13.0. The number of rotatable bonds is 11. The van der Waals surface area contributed by atoms with E-state index < -0.39 is 17.8 Å². The Morgan fingerprint density at radius 1 is 1.00 bits per heavy atom. The molecule has 4 atom stereocenters. The fraction of sp³-hybridized carbons (Fsp3) is 0.742. The minimum atomic E-state index is -4.76. The SMILES string of the molecule is CNC1CCC(C)C(CC(=O)C(CCC2CCCCC2)NC(=O)C2(c3ccc(OC(F)(F)F)cc3)CC2)CC1. The molecule has 2 N–H and O–H groups in total. The van der Waals surface area contributed by atoms with E-state index in [0.29, 0.717) is 55.0 Å². The van der Waals surface area contributed by atoms with Crippen LogP contribution in [-0.4, -0.2) is 37.2 Å². The Morgan fingerprint density at radius 3 is 2.28 bits per heavy atom. The minimum absolute atomic E-state index is 0.128. The molecular formula is C31H45F3N2O3. The molecule has 3 aliphatic rings. The average molecular weight is 551 g/mol. The second-order valence-electron chi connectivity index (χ2n) is 12.3. The lowest BCUT2D eigenvalue weighted by molar-refractivity contribution is -0.274. The number of halogens is 3. The first-order valence-electron chi connectivity index (χ1n) is 15.0. The Kier molecular flexibility index (Phi) is 10.00. The molecule has 0 heterocycles. The van der Waals surface area contributed by atoms with Crippen molar-refractivity contribution < 1.29 is 27.5 Å². The molecule has 218 valence electrons. The Bertz CT molecular complexity index is 955. The Balaban J connectivity index is 1.43. The van der Waals surface area contributed by atoms with Crippen molar-refractivity contribution in [2.75, 3.05) is 7.05 Å². The zero-order valence-corrected chi connectivity index (χ0v) is 23.5. The van der Waals surface area contributed by atoms with Crippen LogP contribution in [-0.2, 0) is 15.0 Å². The number of ketones is 1. The van der Waals surface area contributed by atoms with E-state index in [0.717, 1.165) is 32.1 Å². The van der Waals surface area contributed by atoms with Gasteiger partial charge in [0, 0.05) is 12.5 Å². The molecule has 0 spiro atoms. The van der Waals surface area contributed by atoms with Crippen molar-refractivity contribution in [3.63, 3.8) is 0 Å². The molecule has 1 aromatic rings. The first-order valence-corrected chi connectivity index (χ1v) is 15.0. The summed E-state index contributed by atoms with van der Waals surface area (Å²) in [4.78, 5) is 27.4. The van der Waals surface area contributed by atoms with Gasteiger partial charge in [-0.2, -0.15) is 0 Å². The van der Waals surface area contributed by atoms with Gasteiger partial charge in [0.25, 0.3) is 0 Å². The van der Waals surface area contributed by atoms with Gasteiger partial charge in [-0.3, -0.25) is 9.59 Å². The van der Waals surface area contributed by atoms with Gasteiger partial charge in [-0.25, -0.2) is 0 Å². The Hall–Kier alpha value is -2.09. The second-order valence-corrected chi connectivity index (χ2v) is 12.3. The fourth-order valence-electron chi connectivity index (χ4n) is 6.77. The summed E-state index contributed by atoms with van der Waals surface area (Å²) in [7, 11) is 2.00. The number of nitrogens with one attached hydrogen (secondary N) is 2. The van der Waals surface area contributed by atoms with Crippen molar-refractivity contribution in [2.45, 2.75) is 121 Å². The molecular weight excluding hydrogens is 505 g/mol. The average Bonchev–Trinajstić information content (AvgIpc) is 3.73. The van der Waals surface area contributed by atoms with Gasteiger partial charge in [-0.05, 0) is 93.9 Å².